The topological polar surface area (TPSA) is 17.2 Å². The molecule has 2 rings (SSSR count). The number of hydrogen-bond acceptors (Lipinski definition) is 1. The van der Waals surface area contributed by atoms with Crippen molar-refractivity contribution in [3.8, 4) is 0 Å². The van der Waals surface area contributed by atoms with E-state index < -0.39 is 0 Å². The molecule has 0 bridgehead atoms. The summed E-state index contributed by atoms with van der Waals surface area (Å²) in [5.74, 6) is 0. The summed E-state index contributed by atoms with van der Waals surface area (Å²) >= 11 is 3.45. The van der Waals surface area contributed by atoms with Gasteiger partial charge < -0.3 is 4.85 Å². The molecule has 0 radical (unpaired) electrons. The van der Waals surface area contributed by atoms with Gasteiger partial charge in [0.2, 0.25) is 6.54 Å². The standard InChI is InChI=1S/C12H9BrN2/c1-14-6-4-9-5-7-15-12-3-2-10(13)8-11(9)12/h2-3,5,7-8H,4,6H2. The summed E-state index contributed by atoms with van der Waals surface area (Å²) in [6.07, 6.45) is 2.59. The molecule has 0 fully saturated rings. The minimum atomic E-state index is 0.533. The van der Waals surface area contributed by atoms with Gasteiger partial charge in [-0.1, -0.05) is 15.9 Å². The lowest BCUT2D eigenvalue weighted by molar-refractivity contribution is 1.09. The molecule has 3 heteroatoms. The zero-order valence-corrected chi connectivity index (χ0v) is 9.66. The lowest BCUT2D eigenvalue weighted by atomic mass is 10.1. The van der Waals surface area contributed by atoms with Gasteiger partial charge in [-0.2, -0.15) is 0 Å². The molecule has 0 spiro atoms. The van der Waals surface area contributed by atoms with E-state index in [0.717, 1.165) is 21.8 Å². The first-order valence-electron chi connectivity index (χ1n) is 4.67. The second-order valence-corrected chi connectivity index (χ2v) is 4.18. The fourth-order valence-corrected chi connectivity index (χ4v) is 1.93. The lowest BCUT2D eigenvalue weighted by Gasteiger charge is -2.03. The third-order valence-electron chi connectivity index (χ3n) is 2.29. The van der Waals surface area contributed by atoms with Crippen LogP contribution in [0.4, 0.5) is 0 Å². The Morgan fingerprint density at radius 3 is 3.00 bits per heavy atom. The Hall–Kier alpha value is -1.40. The minimum Gasteiger partial charge on any atom is -0.317 e. The number of halogens is 1. The van der Waals surface area contributed by atoms with Gasteiger partial charge in [0.1, 0.15) is 0 Å². The van der Waals surface area contributed by atoms with Gasteiger partial charge in [0.25, 0.3) is 0 Å². The number of nitrogens with zero attached hydrogens (tertiary/aromatic N) is 2. The number of benzene rings is 1. The van der Waals surface area contributed by atoms with Gasteiger partial charge in [0.15, 0.2) is 0 Å². The molecule has 0 saturated carbocycles. The van der Waals surface area contributed by atoms with Crippen molar-refractivity contribution in [2.45, 2.75) is 6.42 Å². The Morgan fingerprint density at radius 2 is 2.20 bits per heavy atom. The molecule has 0 aliphatic heterocycles. The van der Waals surface area contributed by atoms with Crippen LogP contribution in [0.5, 0.6) is 0 Å². The smallest absolute Gasteiger partial charge is 0.218 e. The van der Waals surface area contributed by atoms with Crippen molar-refractivity contribution in [3.05, 3.63) is 51.9 Å². The van der Waals surface area contributed by atoms with Crippen LogP contribution < -0.4 is 0 Å². The van der Waals surface area contributed by atoms with Gasteiger partial charge in [-0.15, -0.1) is 0 Å². The van der Waals surface area contributed by atoms with Crippen molar-refractivity contribution < 1.29 is 0 Å². The average Bonchev–Trinajstić information content (AvgIpc) is 2.26. The fourth-order valence-electron chi connectivity index (χ4n) is 1.57. The van der Waals surface area contributed by atoms with Crippen molar-refractivity contribution >= 4 is 26.8 Å². The van der Waals surface area contributed by atoms with Crippen molar-refractivity contribution in [1.29, 1.82) is 0 Å². The zero-order valence-electron chi connectivity index (χ0n) is 8.07. The molecule has 74 valence electrons. The van der Waals surface area contributed by atoms with Crippen LogP contribution in [0.15, 0.2) is 34.9 Å². The average molecular weight is 261 g/mol. The molecular weight excluding hydrogens is 252 g/mol. The van der Waals surface area contributed by atoms with Crippen molar-refractivity contribution in [3.63, 3.8) is 0 Å². The van der Waals surface area contributed by atoms with Crippen LogP contribution in [0.1, 0.15) is 5.56 Å². The van der Waals surface area contributed by atoms with Crippen molar-refractivity contribution in [2.24, 2.45) is 0 Å². The van der Waals surface area contributed by atoms with E-state index in [-0.39, 0.29) is 0 Å². The third kappa shape index (κ3) is 2.16. The van der Waals surface area contributed by atoms with E-state index in [0.29, 0.717) is 6.54 Å². The van der Waals surface area contributed by atoms with E-state index >= 15 is 0 Å². The largest absolute Gasteiger partial charge is 0.317 e. The van der Waals surface area contributed by atoms with Crippen LogP contribution in [0, 0.1) is 6.57 Å². The first-order valence-corrected chi connectivity index (χ1v) is 5.47. The summed E-state index contributed by atoms with van der Waals surface area (Å²) in [6, 6.07) is 8.01. The summed E-state index contributed by atoms with van der Waals surface area (Å²) in [6.45, 7) is 7.34. The summed E-state index contributed by atoms with van der Waals surface area (Å²) in [5, 5.41) is 1.13. The van der Waals surface area contributed by atoms with E-state index in [1.165, 1.54) is 5.56 Å². The molecule has 2 nitrogen and oxygen atoms in total. The number of rotatable bonds is 2. The molecule has 0 aliphatic rings. The lowest BCUT2D eigenvalue weighted by Crippen LogP contribution is -1.91. The SMILES string of the molecule is [C-]#[N+]CCc1ccnc2ccc(Br)cc12. The highest BCUT2D eigenvalue weighted by atomic mass is 79.9. The van der Waals surface area contributed by atoms with Gasteiger partial charge >= 0.3 is 0 Å². The molecular formula is C12H9BrN2. The van der Waals surface area contributed by atoms with Crippen LogP contribution in [0.2, 0.25) is 0 Å². The molecule has 0 N–H and O–H groups in total. The predicted molar refractivity (Wildman–Crippen MR) is 64.6 cm³/mol. The van der Waals surface area contributed by atoms with E-state index in [4.69, 9.17) is 6.57 Å². The van der Waals surface area contributed by atoms with Crippen LogP contribution in [-0.4, -0.2) is 11.5 Å². The van der Waals surface area contributed by atoms with Gasteiger partial charge in [0, 0.05) is 22.5 Å². The summed E-state index contributed by atoms with van der Waals surface area (Å²) in [4.78, 5) is 7.67. The molecule has 0 atom stereocenters. The molecule has 0 unspecified atom stereocenters. The zero-order chi connectivity index (χ0) is 10.7. The molecule has 0 aliphatic carbocycles. The Morgan fingerprint density at radius 1 is 1.33 bits per heavy atom. The highest BCUT2D eigenvalue weighted by molar-refractivity contribution is 9.10. The van der Waals surface area contributed by atoms with E-state index in [2.05, 4.69) is 31.8 Å². The summed E-state index contributed by atoms with van der Waals surface area (Å²) < 4.78 is 1.05. The molecule has 15 heavy (non-hydrogen) atoms. The first-order chi connectivity index (χ1) is 7.31. The van der Waals surface area contributed by atoms with Crippen LogP contribution >= 0.6 is 15.9 Å². The van der Waals surface area contributed by atoms with Gasteiger partial charge in [-0.3, -0.25) is 4.98 Å². The van der Waals surface area contributed by atoms with Gasteiger partial charge in [0.05, 0.1) is 5.52 Å². The van der Waals surface area contributed by atoms with Gasteiger partial charge in [-0.05, 0) is 29.8 Å². The van der Waals surface area contributed by atoms with Crippen molar-refractivity contribution in [1.82, 2.24) is 4.98 Å². The Balaban J connectivity index is 2.54. The van der Waals surface area contributed by atoms with E-state index in [1.54, 1.807) is 6.20 Å². The number of hydrogen-bond donors (Lipinski definition) is 0. The van der Waals surface area contributed by atoms with E-state index in [1.807, 2.05) is 18.2 Å². The monoisotopic (exact) mass is 260 g/mol. The molecule has 1 heterocycles. The molecule has 0 saturated heterocycles. The highest BCUT2D eigenvalue weighted by Crippen LogP contribution is 2.21. The maximum atomic E-state index is 6.80. The molecule has 1 aromatic carbocycles. The molecule has 1 aromatic heterocycles. The molecule has 0 amide bonds. The van der Waals surface area contributed by atoms with Crippen LogP contribution in [0.3, 0.4) is 0 Å². The van der Waals surface area contributed by atoms with Crippen LogP contribution in [-0.2, 0) is 6.42 Å². The predicted octanol–water partition coefficient (Wildman–Crippen LogP) is 3.46. The first kappa shape index (κ1) is 10.1. The van der Waals surface area contributed by atoms with Crippen LogP contribution in [0.25, 0.3) is 15.7 Å². The fraction of sp³-hybridized carbons (Fsp3) is 0.167. The Labute approximate surface area is 96.9 Å². The highest BCUT2D eigenvalue weighted by Gasteiger charge is 2.03. The Kier molecular flexibility index (Phi) is 2.98. The number of fused-ring (bicyclic) bond motifs is 1. The molecule has 2 aromatic rings. The van der Waals surface area contributed by atoms with Gasteiger partial charge in [-0.25, -0.2) is 6.57 Å². The minimum absolute atomic E-state index is 0.533. The second kappa shape index (κ2) is 4.41. The normalized spacial score (nSPS) is 10.1. The summed E-state index contributed by atoms with van der Waals surface area (Å²) in [5.41, 5.74) is 2.18. The maximum Gasteiger partial charge on any atom is 0.218 e. The second-order valence-electron chi connectivity index (χ2n) is 3.26. The van der Waals surface area contributed by atoms with E-state index in [9.17, 15) is 0 Å². The van der Waals surface area contributed by atoms with Crippen molar-refractivity contribution in [2.75, 3.05) is 6.54 Å². The maximum absolute atomic E-state index is 6.80. The number of pyridine rings is 1. The third-order valence-corrected chi connectivity index (χ3v) is 2.78. The number of aromatic nitrogens is 1. The summed E-state index contributed by atoms with van der Waals surface area (Å²) in [7, 11) is 0. The Bertz CT molecular complexity index is 529. The quantitative estimate of drug-likeness (QED) is 0.757.